The number of amides is 1. The zero-order valence-corrected chi connectivity index (χ0v) is 13.0. The van der Waals surface area contributed by atoms with Gasteiger partial charge >= 0.3 is 0 Å². The summed E-state index contributed by atoms with van der Waals surface area (Å²) in [5.74, 6) is 0.778. The van der Waals surface area contributed by atoms with Crippen LogP contribution in [-0.4, -0.2) is 16.5 Å². The first-order valence-electron chi connectivity index (χ1n) is 6.28. The van der Waals surface area contributed by atoms with Crippen LogP contribution in [0, 0.1) is 0 Å². The topological polar surface area (TPSA) is 51.2 Å². The van der Waals surface area contributed by atoms with Gasteiger partial charge in [-0.15, -0.1) is 11.3 Å². The number of nitrogens with zero attached hydrogens (tertiary/aromatic N) is 1. The van der Waals surface area contributed by atoms with Crippen LogP contribution in [0.3, 0.4) is 0 Å². The van der Waals surface area contributed by atoms with E-state index in [2.05, 4.69) is 26.2 Å². The highest BCUT2D eigenvalue weighted by Gasteiger charge is 2.47. The van der Waals surface area contributed by atoms with Gasteiger partial charge in [-0.05, 0) is 37.1 Å². The van der Waals surface area contributed by atoms with Crippen LogP contribution in [0.25, 0.3) is 0 Å². The van der Waals surface area contributed by atoms with Crippen LogP contribution in [-0.2, 0) is 4.79 Å². The monoisotopic (exact) mass is 352 g/mol. The Morgan fingerprint density at radius 3 is 2.75 bits per heavy atom. The second-order valence-electron chi connectivity index (χ2n) is 4.83. The number of hydrogen-bond acceptors (Lipinski definition) is 4. The van der Waals surface area contributed by atoms with E-state index in [4.69, 9.17) is 4.74 Å². The highest BCUT2D eigenvalue weighted by molar-refractivity contribution is 9.10. The summed E-state index contributed by atoms with van der Waals surface area (Å²) in [6.45, 7) is 0. The maximum absolute atomic E-state index is 12.0. The molecule has 1 fully saturated rings. The molecule has 0 saturated heterocycles. The minimum absolute atomic E-state index is 0.0242. The number of rotatable bonds is 5. The number of anilines is 1. The standard InChI is InChI=1S/C14H13BrN2O2S/c15-10-1-3-11(4-2-10)19-14(5-6-14)7-12(18)17-13-8-16-9-20-13/h1-4,8-9H,5-7H2,(H,17,18). The van der Waals surface area contributed by atoms with E-state index in [1.165, 1.54) is 11.3 Å². The van der Waals surface area contributed by atoms with Gasteiger partial charge in [-0.25, -0.2) is 0 Å². The maximum Gasteiger partial charge on any atom is 0.229 e. The van der Waals surface area contributed by atoms with Gasteiger partial charge in [0.25, 0.3) is 0 Å². The van der Waals surface area contributed by atoms with E-state index in [1.807, 2.05) is 24.3 Å². The second-order valence-corrected chi connectivity index (χ2v) is 6.63. The number of thiazole rings is 1. The van der Waals surface area contributed by atoms with Crippen molar-refractivity contribution in [3.63, 3.8) is 0 Å². The number of halogens is 1. The van der Waals surface area contributed by atoms with Gasteiger partial charge in [0.2, 0.25) is 5.91 Å². The number of aromatic nitrogens is 1. The van der Waals surface area contributed by atoms with Gasteiger partial charge in [-0.1, -0.05) is 15.9 Å². The van der Waals surface area contributed by atoms with Gasteiger partial charge < -0.3 is 10.1 Å². The molecule has 3 rings (SSSR count). The SMILES string of the molecule is O=C(CC1(Oc2ccc(Br)cc2)CC1)Nc1cncs1. The molecule has 1 aliphatic carbocycles. The Hall–Kier alpha value is -1.40. The summed E-state index contributed by atoms with van der Waals surface area (Å²) in [6, 6.07) is 7.68. The molecule has 0 unspecified atom stereocenters. The van der Waals surface area contributed by atoms with Crippen molar-refractivity contribution < 1.29 is 9.53 Å². The molecule has 2 aromatic rings. The summed E-state index contributed by atoms with van der Waals surface area (Å²) >= 11 is 4.80. The molecule has 0 bridgehead atoms. The smallest absolute Gasteiger partial charge is 0.229 e. The number of ether oxygens (including phenoxy) is 1. The first-order chi connectivity index (χ1) is 9.65. The number of benzene rings is 1. The molecule has 20 heavy (non-hydrogen) atoms. The molecular formula is C14H13BrN2O2S. The minimum atomic E-state index is -0.331. The van der Waals surface area contributed by atoms with Crippen molar-refractivity contribution in [2.45, 2.75) is 24.9 Å². The zero-order chi connectivity index (χ0) is 14.0. The van der Waals surface area contributed by atoms with E-state index in [9.17, 15) is 4.79 Å². The molecule has 4 nitrogen and oxygen atoms in total. The van der Waals surface area contributed by atoms with Crippen LogP contribution in [0.1, 0.15) is 19.3 Å². The average molecular weight is 353 g/mol. The van der Waals surface area contributed by atoms with Crippen LogP contribution in [0.4, 0.5) is 5.00 Å². The summed E-state index contributed by atoms with van der Waals surface area (Å²) in [5.41, 5.74) is 1.36. The molecule has 1 amide bonds. The Morgan fingerprint density at radius 2 is 2.15 bits per heavy atom. The molecule has 1 aromatic heterocycles. The molecule has 1 aliphatic rings. The highest BCUT2D eigenvalue weighted by atomic mass is 79.9. The van der Waals surface area contributed by atoms with Crippen LogP contribution < -0.4 is 10.1 Å². The summed E-state index contributed by atoms with van der Waals surface area (Å²) in [5, 5.41) is 3.62. The summed E-state index contributed by atoms with van der Waals surface area (Å²) in [6.07, 6.45) is 3.86. The number of carbonyl (C=O) groups excluding carboxylic acids is 1. The Kier molecular flexibility index (Phi) is 3.76. The second kappa shape index (κ2) is 5.54. The molecule has 1 heterocycles. The van der Waals surface area contributed by atoms with Gasteiger partial charge in [0.05, 0.1) is 18.1 Å². The largest absolute Gasteiger partial charge is 0.487 e. The molecular weight excluding hydrogens is 340 g/mol. The fourth-order valence-electron chi connectivity index (χ4n) is 1.96. The van der Waals surface area contributed by atoms with Crippen LogP contribution >= 0.6 is 27.3 Å². The lowest BCUT2D eigenvalue weighted by Gasteiger charge is -2.17. The molecule has 6 heteroatoms. The van der Waals surface area contributed by atoms with Crippen molar-refractivity contribution in [2.24, 2.45) is 0 Å². The first-order valence-corrected chi connectivity index (χ1v) is 7.95. The van der Waals surface area contributed by atoms with E-state index < -0.39 is 0 Å². The van der Waals surface area contributed by atoms with Crippen LogP contribution in [0.15, 0.2) is 40.4 Å². The molecule has 1 saturated carbocycles. The summed E-state index contributed by atoms with van der Waals surface area (Å²) in [7, 11) is 0. The van der Waals surface area contributed by atoms with Crippen molar-refractivity contribution in [3.05, 3.63) is 40.4 Å². The third-order valence-electron chi connectivity index (χ3n) is 3.13. The van der Waals surface area contributed by atoms with Crippen molar-refractivity contribution in [3.8, 4) is 5.75 Å². The van der Waals surface area contributed by atoms with Gasteiger partial charge in [0.15, 0.2) is 0 Å². The third kappa shape index (κ3) is 3.37. The fraction of sp³-hybridized carbons (Fsp3) is 0.286. The normalized spacial score (nSPS) is 15.7. The lowest BCUT2D eigenvalue weighted by Crippen LogP contribution is -2.26. The summed E-state index contributed by atoms with van der Waals surface area (Å²) in [4.78, 5) is 15.9. The predicted molar refractivity (Wildman–Crippen MR) is 82.1 cm³/mol. The number of hydrogen-bond donors (Lipinski definition) is 1. The third-order valence-corrected chi connectivity index (χ3v) is 4.35. The van der Waals surface area contributed by atoms with Crippen LogP contribution in [0.2, 0.25) is 0 Å². The molecule has 1 N–H and O–H groups in total. The van der Waals surface area contributed by atoms with Crippen molar-refractivity contribution in [2.75, 3.05) is 5.32 Å². The molecule has 0 spiro atoms. The average Bonchev–Trinajstić information content (AvgIpc) is 2.96. The van der Waals surface area contributed by atoms with E-state index >= 15 is 0 Å². The highest BCUT2D eigenvalue weighted by Crippen LogP contribution is 2.43. The molecule has 1 aromatic carbocycles. The predicted octanol–water partition coefficient (Wildman–Crippen LogP) is 3.85. The van der Waals surface area contributed by atoms with Gasteiger partial charge in [0.1, 0.15) is 16.4 Å². The van der Waals surface area contributed by atoms with E-state index in [1.54, 1.807) is 11.7 Å². The van der Waals surface area contributed by atoms with Crippen molar-refractivity contribution >= 4 is 38.2 Å². The minimum Gasteiger partial charge on any atom is -0.487 e. The Balaban J connectivity index is 1.59. The molecule has 104 valence electrons. The number of nitrogens with one attached hydrogen (secondary N) is 1. The van der Waals surface area contributed by atoms with E-state index in [0.29, 0.717) is 6.42 Å². The van der Waals surface area contributed by atoms with Gasteiger partial charge in [0, 0.05) is 4.47 Å². The van der Waals surface area contributed by atoms with Crippen molar-refractivity contribution in [1.29, 1.82) is 0 Å². The first kappa shape index (κ1) is 13.6. The molecule has 0 aliphatic heterocycles. The van der Waals surface area contributed by atoms with Crippen LogP contribution in [0.5, 0.6) is 5.75 Å². The zero-order valence-electron chi connectivity index (χ0n) is 10.6. The maximum atomic E-state index is 12.0. The van der Waals surface area contributed by atoms with E-state index in [-0.39, 0.29) is 11.5 Å². The Morgan fingerprint density at radius 1 is 1.40 bits per heavy atom. The number of carbonyl (C=O) groups is 1. The van der Waals surface area contributed by atoms with Gasteiger partial charge in [-0.2, -0.15) is 0 Å². The van der Waals surface area contributed by atoms with Gasteiger partial charge in [-0.3, -0.25) is 9.78 Å². The summed E-state index contributed by atoms with van der Waals surface area (Å²) < 4.78 is 6.98. The quantitative estimate of drug-likeness (QED) is 0.889. The molecule has 0 atom stereocenters. The molecule has 0 radical (unpaired) electrons. The van der Waals surface area contributed by atoms with Crippen molar-refractivity contribution in [1.82, 2.24) is 4.98 Å². The lowest BCUT2D eigenvalue weighted by molar-refractivity contribution is -0.118. The Labute approximate surface area is 129 Å². The Bertz CT molecular complexity index is 594. The fourth-order valence-corrected chi connectivity index (χ4v) is 2.75. The van der Waals surface area contributed by atoms with E-state index in [0.717, 1.165) is 28.1 Å². The lowest BCUT2D eigenvalue weighted by atomic mass is 10.2.